The van der Waals surface area contributed by atoms with Gasteiger partial charge >= 0.3 is 6.09 Å². The van der Waals surface area contributed by atoms with Crippen molar-refractivity contribution < 1.29 is 14.3 Å². The highest BCUT2D eigenvalue weighted by Gasteiger charge is 2.30. The minimum Gasteiger partial charge on any atom is -0.489 e. The number of amides is 1. The molecule has 0 unspecified atom stereocenters. The first kappa shape index (κ1) is 24.6. The molecular formula is C26H33ClN6O3. The number of piperidine rings is 1. The number of ether oxygens (including phenoxy) is 2. The third-order valence-corrected chi connectivity index (χ3v) is 6.75. The van der Waals surface area contributed by atoms with Gasteiger partial charge in [0.05, 0.1) is 18.0 Å². The summed E-state index contributed by atoms with van der Waals surface area (Å²) in [7, 11) is 0. The van der Waals surface area contributed by atoms with Crippen LogP contribution < -0.4 is 15.0 Å². The van der Waals surface area contributed by atoms with Crippen molar-refractivity contribution in [3.8, 4) is 17.0 Å². The SMILES string of the molecule is Cc1nc2c3c(c(N4CCC[C@H](CNC(=O)OC(C)(C)C)C4)nn2c1-c1ccnc(Cl)c1)CCCO3. The van der Waals surface area contributed by atoms with Crippen LogP contribution in [0.25, 0.3) is 16.9 Å². The molecule has 36 heavy (non-hydrogen) atoms. The van der Waals surface area contributed by atoms with Gasteiger partial charge in [-0.05, 0) is 71.4 Å². The molecule has 3 aromatic rings. The summed E-state index contributed by atoms with van der Waals surface area (Å²) in [5.74, 6) is 2.04. The second-order valence-corrected chi connectivity index (χ2v) is 11.0. The van der Waals surface area contributed by atoms with Gasteiger partial charge < -0.3 is 19.7 Å². The van der Waals surface area contributed by atoms with Crippen molar-refractivity contribution >= 4 is 29.2 Å². The molecule has 1 saturated heterocycles. The smallest absolute Gasteiger partial charge is 0.407 e. The van der Waals surface area contributed by atoms with E-state index in [1.54, 1.807) is 6.20 Å². The molecular weight excluding hydrogens is 480 g/mol. The van der Waals surface area contributed by atoms with Crippen molar-refractivity contribution in [2.45, 2.75) is 59.0 Å². The van der Waals surface area contributed by atoms with E-state index in [9.17, 15) is 4.79 Å². The van der Waals surface area contributed by atoms with Crippen molar-refractivity contribution in [2.75, 3.05) is 31.1 Å². The van der Waals surface area contributed by atoms with Gasteiger partial charge in [-0.1, -0.05) is 11.6 Å². The third kappa shape index (κ3) is 5.07. The van der Waals surface area contributed by atoms with E-state index in [2.05, 4.69) is 15.2 Å². The van der Waals surface area contributed by atoms with Crippen molar-refractivity contribution in [2.24, 2.45) is 5.92 Å². The lowest BCUT2D eigenvalue weighted by Gasteiger charge is -2.35. The Labute approximate surface area is 216 Å². The van der Waals surface area contributed by atoms with Crippen LogP contribution in [0.5, 0.6) is 5.75 Å². The summed E-state index contributed by atoms with van der Waals surface area (Å²) in [6.07, 6.45) is 5.22. The first-order valence-electron chi connectivity index (χ1n) is 12.6. The number of fused-ring (bicyclic) bond motifs is 3. The maximum absolute atomic E-state index is 12.2. The van der Waals surface area contributed by atoms with Crippen LogP contribution in [0.2, 0.25) is 5.15 Å². The van der Waals surface area contributed by atoms with E-state index in [4.69, 9.17) is 31.2 Å². The molecule has 0 radical (unpaired) electrons. The predicted molar refractivity (Wildman–Crippen MR) is 139 cm³/mol. The van der Waals surface area contributed by atoms with Crippen molar-refractivity contribution in [1.82, 2.24) is 24.9 Å². The zero-order chi connectivity index (χ0) is 25.4. The van der Waals surface area contributed by atoms with Crippen molar-refractivity contribution in [3.63, 3.8) is 0 Å². The number of nitrogens with zero attached hydrogens (tertiary/aromatic N) is 5. The Kier molecular flexibility index (Phi) is 6.68. The Morgan fingerprint density at radius 1 is 1.33 bits per heavy atom. The van der Waals surface area contributed by atoms with Crippen LogP contribution in [0.1, 0.15) is 51.3 Å². The highest BCUT2D eigenvalue weighted by Crippen LogP contribution is 2.39. The topological polar surface area (TPSA) is 93.9 Å². The molecule has 192 valence electrons. The number of hydrogen-bond acceptors (Lipinski definition) is 7. The number of hydrogen-bond donors (Lipinski definition) is 1. The molecule has 0 bridgehead atoms. The van der Waals surface area contributed by atoms with E-state index in [0.717, 1.165) is 78.5 Å². The van der Waals surface area contributed by atoms with Crippen LogP contribution >= 0.6 is 11.6 Å². The molecule has 1 amide bonds. The molecule has 2 aliphatic rings. The molecule has 5 rings (SSSR count). The van der Waals surface area contributed by atoms with Crippen LogP contribution in [0.15, 0.2) is 18.3 Å². The molecule has 0 saturated carbocycles. The zero-order valence-electron chi connectivity index (χ0n) is 21.3. The Morgan fingerprint density at radius 2 is 2.17 bits per heavy atom. The van der Waals surface area contributed by atoms with E-state index < -0.39 is 5.60 Å². The number of rotatable bonds is 4. The van der Waals surface area contributed by atoms with E-state index in [0.29, 0.717) is 24.2 Å². The summed E-state index contributed by atoms with van der Waals surface area (Å²) in [6.45, 7) is 10.5. The highest BCUT2D eigenvalue weighted by molar-refractivity contribution is 6.29. The van der Waals surface area contributed by atoms with E-state index in [1.165, 1.54) is 0 Å². The summed E-state index contributed by atoms with van der Waals surface area (Å²) in [5, 5.41) is 8.51. The van der Waals surface area contributed by atoms with Crippen LogP contribution in [0, 0.1) is 12.8 Å². The summed E-state index contributed by atoms with van der Waals surface area (Å²) in [6, 6.07) is 3.75. The first-order valence-corrected chi connectivity index (χ1v) is 13.0. The van der Waals surface area contributed by atoms with Crippen LogP contribution in [0.4, 0.5) is 10.6 Å². The predicted octanol–water partition coefficient (Wildman–Crippen LogP) is 4.82. The van der Waals surface area contributed by atoms with E-state index >= 15 is 0 Å². The number of aryl methyl sites for hydroxylation is 1. The molecule has 0 spiro atoms. The van der Waals surface area contributed by atoms with Gasteiger partial charge in [0.15, 0.2) is 17.2 Å². The van der Waals surface area contributed by atoms with Gasteiger partial charge in [-0.3, -0.25) is 0 Å². The molecule has 2 aliphatic heterocycles. The number of carbonyl (C=O) groups is 1. The fourth-order valence-corrected chi connectivity index (χ4v) is 5.23. The van der Waals surface area contributed by atoms with Crippen LogP contribution in [0.3, 0.4) is 0 Å². The lowest BCUT2D eigenvalue weighted by atomic mass is 9.97. The average Bonchev–Trinajstić information content (AvgIpc) is 3.17. The Bertz CT molecular complexity index is 1280. The maximum Gasteiger partial charge on any atom is 0.407 e. The van der Waals surface area contributed by atoms with Crippen molar-refractivity contribution in [1.29, 1.82) is 0 Å². The van der Waals surface area contributed by atoms with E-state index in [1.807, 2.05) is 44.3 Å². The third-order valence-electron chi connectivity index (χ3n) is 6.54. The first-order chi connectivity index (χ1) is 17.2. The van der Waals surface area contributed by atoms with E-state index in [-0.39, 0.29) is 6.09 Å². The molecule has 1 atom stereocenters. The van der Waals surface area contributed by atoms with Gasteiger partial charge in [0.25, 0.3) is 0 Å². The maximum atomic E-state index is 12.2. The van der Waals surface area contributed by atoms with Gasteiger partial charge in [-0.25, -0.2) is 19.3 Å². The normalized spacial score (nSPS) is 18.0. The molecule has 0 aliphatic carbocycles. The second kappa shape index (κ2) is 9.76. The van der Waals surface area contributed by atoms with Gasteiger partial charge in [0, 0.05) is 37.0 Å². The summed E-state index contributed by atoms with van der Waals surface area (Å²) in [4.78, 5) is 23.5. The zero-order valence-corrected chi connectivity index (χ0v) is 22.1. The van der Waals surface area contributed by atoms with Crippen LogP contribution in [-0.2, 0) is 11.2 Å². The number of alkyl carbamates (subject to hydrolysis) is 1. The molecule has 9 nitrogen and oxygen atoms in total. The molecule has 5 heterocycles. The number of nitrogens with one attached hydrogen (secondary N) is 1. The highest BCUT2D eigenvalue weighted by atomic mass is 35.5. The summed E-state index contributed by atoms with van der Waals surface area (Å²) < 4.78 is 13.5. The quantitative estimate of drug-likeness (QED) is 0.501. The number of halogens is 1. The summed E-state index contributed by atoms with van der Waals surface area (Å²) >= 11 is 6.20. The lowest BCUT2D eigenvalue weighted by Crippen LogP contribution is -2.43. The number of imidazole rings is 1. The largest absolute Gasteiger partial charge is 0.489 e. The Hall–Kier alpha value is -3.07. The molecule has 1 fully saturated rings. The van der Waals surface area contributed by atoms with Gasteiger partial charge in [0.1, 0.15) is 10.8 Å². The van der Waals surface area contributed by atoms with Crippen LogP contribution in [-0.4, -0.2) is 57.5 Å². The standard InChI is InChI=1S/C26H33ClN6O3/c1-16-21(18-9-10-28-20(27)13-18)33-24(30-16)22-19(8-6-12-35-22)23(31-33)32-11-5-7-17(15-32)14-29-25(34)36-26(2,3)4/h9-10,13,17H,5-8,11-12,14-15H2,1-4H3,(H,29,34)/t17-/m1/s1. The molecule has 3 aromatic heterocycles. The number of pyridine rings is 1. The lowest BCUT2D eigenvalue weighted by molar-refractivity contribution is 0.0517. The Morgan fingerprint density at radius 3 is 2.94 bits per heavy atom. The number of carbonyl (C=O) groups excluding carboxylic acids is 1. The monoisotopic (exact) mass is 512 g/mol. The minimum atomic E-state index is -0.513. The average molecular weight is 513 g/mol. The van der Waals surface area contributed by atoms with Gasteiger partial charge in [-0.15, -0.1) is 5.10 Å². The van der Waals surface area contributed by atoms with Gasteiger partial charge in [-0.2, -0.15) is 0 Å². The molecule has 1 N–H and O–H groups in total. The fraction of sp³-hybridized carbons (Fsp3) is 0.538. The number of aromatic nitrogens is 4. The summed E-state index contributed by atoms with van der Waals surface area (Å²) in [5.41, 5.74) is 3.98. The van der Waals surface area contributed by atoms with Crippen molar-refractivity contribution in [3.05, 3.63) is 34.7 Å². The molecule has 0 aromatic carbocycles. The van der Waals surface area contributed by atoms with Gasteiger partial charge in [0.2, 0.25) is 0 Å². The second-order valence-electron chi connectivity index (χ2n) is 10.6. The minimum absolute atomic E-state index is 0.298. The number of anilines is 1. The molecule has 10 heteroatoms. The Balaban J connectivity index is 1.47. The fourth-order valence-electron chi connectivity index (χ4n) is 5.06.